The number of carbonyl (C=O) groups excluding carboxylic acids is 1. The van der Waals surface area contributed by atoms with Gasteiger partial charge in [-0.1, -0.05) is 55.8 Å². The van der Waals surface area contributed by atoms with Gasteiger partial charge < -0.3 is 9.40 Å². The molecule has 4 aromatic rings. The van der Waals surface area contributed by atoms with E-state index in [0.717, 1.165) is 27.6 Å². The van der Waals surface area contributed by atoms with Crippen LogP contribution in [0.25, 0.3) is 22.0 Å². The lowest BCUT2D eigenvalue weighted by Crippen LogP contribution is -2.30. The molecule has 5 rings (SSSR count). The molecule has 0 unspecified atom stereocenters. The molecule has 6 nitrogen and oxygen atoms in total. The standard InChI is InChI=1S/C27H25N3O3/c1-16(2)27(32)30-22(23-10-7-13-33-23)15-21(29-30)25-24(18-8-5-4-6-9-18)19-14-17(3)11-12-20(19)28-26(25)31/h4-14,16,22H,15H2,1-3H3,(H,28,31)/t22-/m0/s1. The topological polar surface area (TPSA) is 78.7 Å². The number of pyridine rings is 1. The molecule has 0 fully saturated rings. The van der Waals surface area contributed by atoms with E-state index in [0.29, 0.717) is 23.5 Å². The third-order valence-electron chi connectivity index (χ3n) is 6.02. The van der Waals surface area contributed by atoms with Crippen molar-refractivity contribution in [2.75, 3.05) is 0 Å². The van der Waals surface area contributed by atoms with Crippen LogP contribution in [-0.2, 0) is 4.79 Å². The number of aromatic nitrogens is 1. The molecule has 0 bridgehead atoms. The minimum Gasteiger partial charge on any atom is -0.467 e. The first-order chi connectivity index (χ1) is 15.9. The number of carbonyl (C=O) groups is 1. The number of furan rings is 1. The van der Waals surface area contributed by atoms with Crippen LogP contribution in [-0.4, -0.2) is 21.6 Å². The molecule has 2 aromatic heterocycles. The minimum atomic E-state index is -0.388. The summed E-state index contributed by atoms with van der Waals surface area (Å²) in [5, 5.41) is 7.14. The summed E-state index contributed by atoms with van der Waals surface area (Å²) in [5.41, 5.74) is 4.47. The molecule has 33 heavy (non-hydrogen) atoms. The highest BCUT2D eigenvalue weighted by Crippen LogP contribution is 2.37. The van der Waals surface area contributed by atoms with Gasteiger partial charge in [0.15, 0.2) is 0 Å². The number of hydrogen-bond donors (Lipinski definition) is 1. The Hall–Kier alpha value is -3.93. The Morgan fingerprint density at radius 1 is 1.09 bits per heavy atom. The molecule has 166 valence electrons. The molecule has 0 spiro atoms. The number of aromatic amines is 1. The van der Waals surface area contributed by atoms with Crippen molar-refractivity contribution in [2.45, 2.75) is 33.2 Å². The van der Waals surface area contributed by atoms with Crippen LogP contribution >= 0.6 is 0 Å². The van der Waals surface area contributed by atoms with Crippen molar-refractivity contribution in [1.82, 2.24) is 9.99 Å². The molecule has 2 aromatic carbocycles. The van der Waals surface area contributed by atoms with Crippen LogP contribution in [0.3, 0.4) is 0 Å². The van der Waals surface area contributed by atoms with Gasteiger partial charge in [0.05, 0.1) is 17.5 Å². The van der Waals surface area contributed by atoms with E-state index in [1.165, 1.54) is 5.01 Å². The fraction of sp³-hybridized carbons (Fsp3) is 0.222. The van der Waals surface area contributed by atoms with E-state index in [1.54, 1.807) is 12.3 Å². The van der Waals surface area contributed by atoms with E-state index in [9.17, 15) is 9.59 Å². The van der Waals surface area contributed by atoms with Crippen LogP contribution in [0.4, 0.5) is 0 Å². The Bertz CT molecular complexity index is 1420. The van der Waals surface area contributed by atoms with Gasteiger partial charge in [-0.2, -0.15) is 5.10 Å². The van der Waals surface area contributed by atoms with Crippen molar-refractivity contribution in [2.24, 2.45) is 11.0 Å². The first kappa shape index (κ1) is 20.9. The summed E-state index contributed by atoms with van der Waals surface area (Å²) >= 11 is 0. The van der Waals surface area contributed by atoms with Gasteiger partial charge in [-0.25, -0.2) is 5.01 Å². The summed E-state index contributed by atoms with van der Waals surface area (Å²) in [6, 6.07) is 19.1. The lowest BCUT2D eigenvalue weighted by Gasteiger charge is -2.21. The molecule has 1 aliphatic heterocycles. The van der Waals surface area contributed by atoms with Crippen molar-refractivity contribution in [3.63, 3.8) is 0 Å². The summed E-state index contributed by atoms with van der Waals surface area (Å²) in [7, 11) is 0. The van der Waals surface area contributed by atoms with E-state index in [-0.39, 0.29) is 23.4 Å². The number of hydrogen-bond acceptors (Lipinski definition) is 4. The fourth-order valence-corrected chi connectivity index (χ4v) is 4.42. The van der Waals surface area contributed by atoms with Gasteiger partial charge >= 0.3 is 0 Å². The average molecular weight is 440 g/mol. The second-order valence-electron chi connectivity index (χ2n) is 8.74. The zero-order valence-electron chi connectivity index (χ0n) is 18.8. The number of nitrogens with zero attached hydrogens (tertiary/aromatic N) is 2. The summed E-state index contributed by atoms with van der Waals surface area (Å²) in [4.78, 5) is 29.5. The predicted octanol–water partition coefficient (Wildman–Crippen LogP) is 5.43. The van der Waals surface area contributed by atoms with Gasteiger partial charge in [0, 0.05) is 28.8 Å². The van der Waals surface area contributed by atoms with E-state index in [4.69, 9.17) is 9.52 Å². The number of benzene rings is 2. The fourth-order valence-electron chi connectivity index (χ4n) is 4.42. The number of amides is 1. The average Bonchev–Trinajstić information content (AvgIpc) is 3.48. The van der Waals surface area contributed by atoms with Crippen molar-refractivity contribution < 1.29 is 9.21 Å². The van der Waals surface area contributed by atoms with Crippen LogP contribution in [0.2, 0.25) is 0 Å². The third kappa shape index (κ3) is 3.67. The first-order valence-corrected chi connectivity index (χ1v) is 11.1. The number of nitrogens with one attached hydrogen (secondary N) is 1. The van der Waals surface area contributed by atoms with E-state index in [1.807, 2.05) is 69.3 Å². The monoisotopic (exact) mass is 439 g/mol. The van der Waals surface area contributed by atoms with Gasteiger partial charge in [-0.3, -0.25) is 9.59 Å². The van der Waals surface area contributed by atoms with Crippen LogP contribution in [0.15, 0.2) is 81.2 Å². The van der Waals surface area contributed by atoms with Gasteiger partial charge in [0.2, 0.25) is 5.91 Å². The summed E-state index contributed by atoms with van der Waals surface area (Å²) < 4.78 is 5.64. The van der Waals surface area contributed by atoms with Crippen molar-refractivity contribution in [3.05, 3.63) is 94.2 Å². The van der Waals surface area contributed by atoms with Crippen LogP contribution in [0.5, 0.6) is 0 Å². The molecule has 1 N–H and O–H groups in total. The zero-order valence-corrected chi connectivity index (χ0v) is 18.8. The Labute approximate surface area is 191 Å². The van der Waals surface area contributed by atoms with Crippen molar-refractivity contribution >= 4 is 22.5 Å². The Morgan fingerprint density at radius 3 is 2.58 bits per heavy atom. The van der Waals surface area contributed by atoms with Crippen LogP contribution in [0.1, 0.15) is 43.2 Å². The number of H-pyrrole nitrogens is 1. The smallest absolute Gasteiger partial charge is 0.258 e. The molecule has 1 amide bonds. The van der Waals surface area contributed by atoms with Crippen molar-refractivity contribution in [3.8, 4) is 11.1 Å². The zero-order chi connectivity index (χ0) is 23.1. The molecule has 0 radical (unpaired) electrons. The predicted molar refractivity (Wildman–Crippen MR) is 129 cm³/mol. The van der Waals surface area contributed by atoms with Gasteiger partial charge in [-0.05, 0) is 36.8 Å². The normalized spacial score (nSPS) is 15.9. The SMILES string of the molecule is Cc1ccc2[nH]c(=O)c(C3=NN(C(=O)C(C)C)[C@H](c4ccco4)C3)c(-c3ccccc3)c2c1. The highest BCUT2D eigenvalue weighted by molar-refractivity contribution is 6.13. The highest BCUT2D eigenvalue weighted by Gasteiger charge is 2.37. The quantitative estimate of drug-likeness (QED) is 0.460. The summed E-state index contributed by atoms with van der Waals surface area (Å²) in [6.07, 6.45) is 1.98. The number of fused-ring (bicyclic) bond motifs is 1. The largest absolute Gasteiger partial charge is 0.467 e. The molecule has 0 saturated carbocycles. The third-order valence-corrected chi connectivity index (χ3v) is 6.02. The van der Waals surface area contributed by atoms with Gasteiger partial charge in [0.25, 0.3) is 5.56 Å². The van der Waals surface area contributed by atoms with Gasteiger partial charge in [-0.15, -0.1) is 0 Å². The maximum absolute atomic E-state index is 13.4. The maximum atomic E-state index is 13.4. The highest BCUT2D eigenvalue weighted by atomic mass is 16.3. The first-order valence-electron chi connectivity index (χ1n) is 11.1. The molecule has 3 heterocycles. The van der Waals surface area contributed by atoms with E-state index < -0.39 is 0 Å². The second-order valence-corrected chi connectivity index (χ2v) is 8.74. The number of rotatable bonds is 4. The van der Waals surface area contributed by atoms with Gasteiger partial charge in [0.1, 0.15) is 11.8 Å². The Morgan fingerprint density at radius 2 is 1.88 bits per heavy atom. The Kier molecular flexibility index (Phi) is 5.21. The van der Waals surface area contributed by atoms with Crippen LogP contribution in [0, 0.1) is 12.8 Å². The summed E-state index contributed by atoms with van der Waals surface area (Å²) in [5.74, 6) is 0.300. The minimum absolute atomic E-state index is 0.110. The number of aryl methyl sites for hydroxylation is 1. The molecular weight excluding hydrogens is 414 g/mol. The lowest BCUT2D eigenvalue weighted by molar-refractivity contribution is -0.136. The molecule has 6 heteroatoms. The molecular formula is C27H25N3O3. The second kappa shape index (κ2) is 8.20. The molecule has 1 atom stereocenters. The van der Waals surface area contributed by atoms with E-state index >= 15 is 0 Å². The maximum Gasteiger partial charge on any atom is 0.258 e. The molecule has 1 aliphatic rings. The summed E-state index contributed by atoms with van der Waals surface area (Å²) in [6.45, 7) is 5.72. The molecule has 0 saturated heterocycles. The van der Waals surface area contributed by atoms with Crippen LogP contribution < -0.4 is 5.56 Å². The number of hydrazone groups is 1. The van der Waals surface area contributed by atoms with E-state index in [2.05, 4.69) is 11.1 Å². The molecule has 0 aliphatic carbocycles. The van der Waals surface area contributed by atoms with Crippen molar-refractivity contribution in [1.29, 1.82) is 0 Å². The Balaban J connectivity index is 1.76. The lowest BCUT2D eigenvalue weighted by atomic mass is 9.91.